The molecule has 1 fully saturated rings. The van der Waals surface area contributed by atoms with Gasteiger partial charge in [-0.3, -0.25) is 0 Å². The lowest BCUT2D eigenvalue weighted by molar-refractivity contribution is 0.0833. The monoisotopic (exact) mass is 203 g/mol. The average molecular weight is 203 g/mol. The first kappa shape index (κ1) is 8.85. The molecule has 3 rings (SSSR count). The topological polar surface area (TPSA) is 39.4 Å². The van der Waals surface area contributed by atoms with Crippen LogP contribution in [0.3, 0.4) is 0 Å². The zero-order valence-corrected chi connectivity index (χ0v) is 8.47. The second-order valence-electron chi connectivity index (χ2n) is 3.88. The first-order valence-corrected chi connectivity index (χ1v) is 5.31. The molecule has 0 unspecified atom stereocenters. The van der Waals surface area contributed by atoms with E-state index in [-0.39, 0.29) is 0 Å². The van der Waals surface area contributed by atoms with E-state index >= 15 is 0 Å². The summed E-state index contributed by atoms with van der Waals surface area (Å²) in [4.78, 5) is 4.42. The van der Waals surface area contributed by atoms with E-state index in [4.69, 9.17) is 4.74 Å². The fourth-order valence-electron chi connectivity index (χ4n) is 1.99. The molecule has 0 N–H and O–H groups in total. The number of fused-ring (bicyclic) bond motifs is 1. The minimum absolute atomic E-state index is 0.463. The summed E-state index contributed by atoms with van der Waals surface area (Å²) in [5.41, 5.74) is 1.05. The number of hydrogen-bond acceptors (Lipinski definition) is 3. The first-order valence-electron chi connectivity index (χ1n) is 5.31. The Bertz CT molecular complexity index is 460. The van der Waals surface area contributed by atoms with Crippen LogP contribution in [0.25, 0.3) is 5.52 Å². The molecule has 0 atom stereocenters. The highest BCUT2D eigenvalue weighted by Crippen LogP contribution is 2.23. The molecule has 0 amide bonds. The highest BCUT2D eigenvalue weighted by atomic mass is 16.5. The minimum atomic E-state index is 0.463. The Morgan fingerprint density at radius 1 is 1.33 bits per heavy atom. The van der Waals surface area contributed by atoms with Gasteiger partial charge in [-0.05, 0) is 25.0 Å². The Hall–Kier alpha value is -1.42. The maximum atomic E-state index is 5.33. The second-order valence-corrected chi connectivity index (χ2v) is 3.88. The third kappa shape index (κ3) is 1.61. The van der Waals surface area contributed by atoms with Crippen LogP contribution in [0.5, 0.6) is 0 Å². The van der Waals surface area contributed by atoms with Crippen molar-refractivity contribution < 1.29 is 4.74 Å². The summed E-state index contributed by atoms with van der Waals surface area (Å²) in [6, 6.07) is 3.99. The van der Waals surface area contributed by atoms with Crippen LogP contribution in [0.2, 0.25) is 0 Å². The first-order chi connectivity index (χ1) is 7.43. The van der Waals surface area contributed by atoms with Gasteiger partial charge in [-0.1, -0.05) is 0 Å². The van der Waals surface area contributed by atoms with Crippen LogP contribution in [0.4, 0.5) is 0 Å². The number of nitrogens with zero attached hydrogens (tertiary/aromatic N) is 3. The van der Waals surface area contributed by atoms with Crippen LogP contribution in [-0.4, -0.2) is 27.8 Å². The predicted octanol–water partition coefficient (Wildman–Crippen LogP) is 1.62. The lowest BCUT2D eigenvalue weighted by atomic mass is 10.00. The van der Waals surface area contributed by atoms with Gasteiger partial charge >= 0.3 is 0 Å². The van der Waals surface area contributed by atoms with Crippen molar-refractivity contribution >= 4 is 5.52 Å². The van der Waals surface area contributed by atoms with Gasteiger partial charge in [0.05, 0.1) is 11.7 Å². The summed E-state index contributed by atoms with van der Waals surface area (Å²) in [6.45, 7) is 1.66. The highest BCUT2D eigenvalue weighted by Gasteiger charge is 2.18. The molecule has 15 heavy (non-hydrogen) atoms. The maximum absolute atomic E-state index is 5.33. The molecule has 4 heteroatoms. The molecule has 3 heterocycles. The van der Waals surface area contributed by atoms with E-state index in [0.717, 1.165) is 37.4 Å². The Morgan fingerprint density at radius 3 is 3.07 bits per heavy atom. The van der Waals surface area contributed by atoms with Gasteiger partial charge in [-0.15, -0.1) is 0 Å². The van der Waals surface area contributed by atoms with E-state index in [2.05, 4.69) is 10.1 Å². The molecule has 0 saturated carbocycles. The van der Waals surface area contributed by atoms with Gasteiger partial charge in [0, 0.05) is 25.3 Å². The molecule has 0 spiro atoms. The summed E-state index contributed by atoms with van der Waals surface area (Å²) >= 11 is 0. The molecular weight excluding hydrogens is 190 g/mol. The molecule has 2 aromatic heterocycles. The van der Waals surface area contributed by atoms with E-state index in [9.17, 15) is 0 Å². The van der Waals surface area contributed by atoms with Crippen LogP contribution >= 0.6 is 0 Å². The van der Waals surface area contributed by atoms with Crippen molar-refractivity contribution in [2.75, 3.05) is 13.2 Å². The molecule has 1 saturated heterocycles. The summed E-state index contributed by atoms with van der Waals surface area (Å²) in [5, 5.41) is 4.51. The van der Waals surface area contributed by atoms with Gasteiger partial charge in [-0.25, -0.2) is 9.50 Å². The fourth-order valence-corrected chi connectivity index (χ4v) is 1.99. The summed E-state index contributed by atoms with van der Waals surface area (Å²) in [5.74, 6) is 1.41. The molecule has 0 bridgehead atoms. The molecule has 2 aromatic rings. The lowest BCUT2D eigenvalue weighted by Crippen LogP contribution is -2.17. The van der Waals surface area contributed by atoms with Crippen LogP contribution in [0.15, 0.2) is 24.5 Å². The van der Waals surface area contributed by atoms with Crippen LogP contribution in [-0.2, 0) is 4.74 Å². The molecule has 1 aliphatic rings. The average Bonchev–Trinajstić information content (AvgIpc) is 2.77. The zero-order valence-electron chi connectivity index (χ0n) is 8.47. The zero-order chi connectivity index (χ0) is 10.1. The third-order valence-corrected chi connectivity index (χ3v) is 2.88. The van der Waals surface area contributed by atoms with Gasteiger partial charge in [-0.2, -0.15) is 5.10 Å². The van der Waals surface area contributed by atoms with Crippen molar-refractivity contribution in [1.29, 1.82) is 0 Å². The molecule has 0 radical (unpaired) electrons. The van der Waals surface area contributed by atoms with Crippen LogP contribution < -0.4 is 0 Å². The molecule has 78 valence electrons. The van der Waals surface area contributed by atoms with E-state index < -0.39 is 0 Å². The number of rotatable bonds is 1. The lowest BCUT2D eigenvalue weighted by Gasteiger charge is -2.20. The Kier molecular flexibility index (Phi) is 2.14. The molecule has 0 aliphatic carbocycles. The van der Waals surface area contributed by atoms with Crippen molar-refractivity contribution in [3.8, 4) is 0 Å². The second kappa shape index (κ2) is 3.62. The van der Waals surface area contributed by atoms with Crippen molar-refractivity contribution in [3.63, 3.8) is 0 Å². The maximum Gasteiger partial charge on any atom is 0.152 e. The number of aromatic nitrogens is 3. The Labute approximate surface area is 87.9 Å². The van der Waals surface area contributed by atoms with E-state index in [0.29, 0.717) is 5.92 Å². The smallest absolute Gasteiger partial charge is 0.152 e. The third-order valence-electron chi connectivity index (χ3n) is 2.88. The van der Waals surface area contributed by atoms with E-state index in [1.807, 2.05) is 29.0 Å². The van der Waals surface area contributed by atoms with Crippen molar-refractivity contribution in [1.82, 2.24) is 14.6 Å². The minimum Gasteiger partial charge on any atom is -0.381 e. The summed E-state index contributed by atoms with van der Waals surface area (Å²) in [6.07, 6.45) is 5.91. The van der Waals surface area contributed by atoms with Gasteiger partial charge in [0.15, 0.2) is 5.82 Å². The Morgan fingerprint density at radius 2 is 2.20 bits per heavy atom. The summed E-state index contributed by atoms with van der Waals surface area (Å²) in [7, 11) is 0. The van der Waals surface area contributed by atoms with Crippen LogP contribution in [0, 0.1) is 0 Å². The Balaban J connectivity index is 1.95. The van der Waals surface area contributed by atoms with Crippen molar-refractivity contribution in [3.05, 3.63) is 30.4 Å². The number of hydrogen-bond donors (Lipinski definition) is 0. The number of ether oxygens (including phenoxy) is 1. The fraction of sp³-hybridized carbons (Fsp3) is 0.455. The molecule has 0 aromatic carbocycles. The largest absolute Gasteiger partial charge is 0.381 e. The van der Waals surface area contributed by atoms with Crippen molar-refractivity contribution in [2.24, 2.45) is 0 Å². The standard InChI is InChI=1S/C11H13N3O/c1-2-10-8-12-11(13-14(10)5-1)9-3-6-15-7-4-9/h1-2,5,8-9H,3-4,6-7H2. The van der Waals surface area contributed by atoms with Gasteiger partial charge in [0.2, 0.25) is 0 Å². The van der Waals surface area contributed by atoms with Crippen LogP contribution in [0.1, 0.15) is 24.6 Å². The quantitative estimate of drug-likeness (QED) is 0.707. The highest BCUT2D eigenvalue weighted by molar-refractivity contribution is 5.43. The van der Waals surface area contributed by atoms with Gasteiger partial charge in [0.1, 0.15) is 0 Å². The van der Waals surface area contributed by atoms with Crippen molar-refractivity contribution in [2.45, 2.75) is 18.8 Å². The van der Waals surface area contributed by atoms with E-state index in [1.165, 1.54) is 0 Å². The summed E-state index contributed by atoms with van der Waals surface area (Å²) < 4.78 is 7.22. The molecule has 1 aliphatic heterocycles. The predicted molar refractivity (Wildman–Crippen MR) is 55.8 cm³/mol. The molecule has 4 nitrogen and oxygen atoms in total. The van der Waals surface area contributed by atoms with Gasteiger partial charge < -0.3 is 4.74 Å². The van der Waals surface area contributed by atoms with Gasteiger partial charge in [0.25, 0.3) is 0 Å². The SMILES string of the molecule is c1cc2cnc(C3CCOCC3)nn2c1. The molecular formula is C11H13N3O. The normalized spacial score (nSPS) is 18.4. The van der Waals surface area contributed by atoms with E-state index in [1.54, 1.807) is 0 Å².